The van der Waals surface area contributed by atoms with Gasteiger partial charge in [-0.2, -0.15) is 0 Å². The minimum atomic E-state index is 0.409. The fourth-order valence-corrected chi connectivity index (χ4v) is 2.89. The molecule has 1 spiro atoms. The van der Waals surface area contributed by atoms with E-state index in [0.717, 1.165) is 6.54 Å². The van der Waals surface area contributed by atoms with Crippen LogP contribution in [0.3, 0.4) is 0 Å². The summed E-state index contributed by atoms with van der Waals surface area (Å²) in [5.41, 5.74) is 0.409. The third-order valence-electron chi connectivity index (χ3n) is 3.92. The van der Waals surface area contributed by atoms with Gasteiger partial charge in [0.25, 0.3) is 0 Å². The quantitative estimate of drug-likeness (QED) is 0.672. The van der Waals surface area contributed by atoms with Crippen molar-refractivity contribution < 1.29 is 0 Å². The molecule has 0 aromatic rings. The van der Waals surface area contributed by atoms with Gasteiger partial charge >= 0.3 is 0 Å². The summed E-state index contributed by atoms with van der Waals surface area (Å²) >= 11 is 0. The maximum atomic E-state index is 3.78. The monoisotopic (exact) mass is 211 g/mol. The Bertz CT molecular complexity index is 195. The minimum Gasteiger partial charge on any atom is -0.317 e. The van der Waals surface area contributed by atoms with Crippen LogP contribution in [-0.4, -0.2) is 49.2 Å². The topological polar surface area (TPSA) is 27.3 Å². The van der Waals surface area contributed by atoms with Gasteiger partial charge in [0.2, 0.25) is 0 Å². The highest BCUT2D eigenvalue weighted by Crippen LogP contribution is 2.24. The summed E-state index contributed by atoms with van der Waals surface area (Å²) < 4.78 is 0. The van der Waals surface area contributed by atoms with Crippen LogP contribution in [0.15, 0.2) is 0 Å². The van der Waals surface area contributed by atoms with E-state index in [0.29, 0.717) is 11.6 Å². The third kappa shape index (κ3) is 2.71. The van der Waals surface area contributed by atoms with Gasteiger partial charge in [-0.25, -0.2) is 0 Å². The highest BCUT2D eigenvalue weighted by Gasteiger charge is 2.35. The van der Waals surface area contributed by atoms with Crippen LogP contribution in [0.25, 0.3) is 0 Å². The third-order valence-corrected chi connectivity index (χ3v) is 3.92. The maximum absolute atomic E-state index is 3.78. The molecule has 0 aromatic carbocycles. The molecule has 2 saturated heterocycles. The molecule has 3 nitrogen and oxygen atoms in total. The Morgan fingerprint density at radius 3 is 2.80 bits per heavy atom. The summed E-state index contributed by atoms with van der Waals surface area (Å²) in [5, 5.41) is 7.28. The molecule has 2 fully saturated rings. The second-order valence-corrected chi connectivity index (χ2v) is 5.37. The zero-order chi connectivity index (χ0) is 10.7. The zero-order valence-electron chi connectivity index (χ0n) is 10.2. The predicted molar refractivity (Wildman–Crippen MR) is 64.2 cm³/mol. The Morgan fingerprint density at radius 1 is 1.13 bits per heavy atom. The maximum Gasteiger partial charge on any atom is 0.0321 e. The van der Waals surface area contributed by atoms with Gasteiger partial charge in [0.1, 0.15) is 0 Å². The van der Waals surface area contributed by atoms with Crippen molar-refractivity contribution in [2.75, 3.05) is 32.7 Å². The van der Waals surface area contributed by atoms with Gasteiger partial charge in [0.05, 0.1) is 0 Å². The van der Waals surface area contributed by atoms with Gasteiger partial charge in [-0.15, -0.1) is 0 Å². The molecule has 0 radical (unpaired) electrons. The number of hydrogen-bond donors (Lipinski definition) is 2. The molecule has 2 N–H and O–H groups in total. The van der Waals surface area contributed by atoms with Gasteiger partial charge in [0.15, 0.2) is 0 Å². The highest BCUT2D eigenvalue weighted by molar-refractivity contribution is 4.97. The summed E-state index contributed by atoms with van der Waals surface area (Å²) in [4.78, 5) is 2.63. The number of rotatable bonds is 1. The van der Waals surface area contributed by atoms with Gasteiger partial charge in [-0.1, -0.05) is 0 Å². The first-order valence-corrected chi connectivity index (χ1v) is 6.42. The van der Waals surface area contributed by atoms with Crippen LogP contribution in [0.4, 0.5) is 0 Å². The molecule has 0 aromatic heterocycles. The number of hydrogen-bond acceptors (Lipinski definition) is 3. The second kappa shape index (κ2) is 4.81. The van der Waals surface area contributed by atoms with Crippen LogP contribution in [-0.2, 0) is 0 Å². The van der Waals surface area contributed by atoms with Crippen molar-refractivity contribution in [2.24, 2.45) is 0 Å². The Morgan fingerprint density at radius 2 is 2.00 bits per heavy atom. The summed E-state index contributed by atoms with van der Waals surface area (Å²) in [5.74, 6) is 0. The molecule has 2 aliphatic rings. The van der Waals surface area contributed by atoms with Crippen molar-refractivity contribution in [2.45, 2.75) is 44.7 Å². The number of nitrogens with zero attached hydrogens (tertiary/aromatic N) is 1. The zero-order valence-corrected chi connectivity index (χ0v) is 10.2. The molecule has 2 rings (SSSR count). The Kier molecular flexibility index (Phi) is 3.65. The van der Waals surface area contributed by atoms with Crippen molar-refractivity contribution >= 4 is 0 Å². The van der Waals surface area contributed by atoms with E-state index in [-0.39, 0.29) is 0 Å². The predicted octanol–water partition coefficient (Wildman–Crippen LogP) is 0.812. The van der Waals surface area contributed by atoms with Crippen molar-refractivity contribution in [3.05, 3.63) is 0 Å². The molecule has 15 heavy (non-hydrogen) atoms. The Labute approximate surface area is 93.6 Å². The number of piperazine rings is 1. The van der Waals surface area contributed by atoms with E-state index in [2.05, 4.69) is 29.4 Å². The number of nitrogens with one attached hydrogen (secondary N) is 2. The SMILES string of the molecule is CC(C)N1CCNC2(CCCNCC2)C1. The molecule has 3 heteroatoms. The van der Waals surface area contributed by atoms with Crippen molar-refractivity contribution in [1.29, 1.82) is 0 Å². The molecule has 1 atom stereocenters. The molecule has 0 saturated carbocycles. The lowest BCUT2D eigenvalue weighted by atomic mass is 9.87. The summed E-state index contributed by atoms with van der Waals surface area (Å²) in [7, 11) is 0. The van der Waals surface area contributed by atoms with Gasteiger partial charge in [0, 0.05) is 31.2 Å². The van der Waals surface area contributed by atoms with Crippen molar-refractivity contribution in [3.8, 4) is 0 Å². The molecular formula is C12H25N3. The highest BCUT2D eigenvalue weighted by atomic mass is 15.2. The van der Waals surface area contributed by atoms with Crippen LogP contribution in [0.2, 0.25) is 0 Å². The minimum absolute atomic E-state index is 0.409. The van der Waals surface area contributed by atoms with E-state index >= 15 is 0 Å². The van der Waals surface area contributed by atoms with Gasteiger partial charge in [-0.05, 0) is 46.2 Å². The lowest BCUT2D eigenvalue weighted by Crippen LogP contribution is -2.61. The first kappa shape index (κ1) is 11.4. The lowest BCUT2D eigenvalue weighted by Gasteiger charge is -2.45. The fourth-order valence-electron chi connectivity index (χ4n) is 2.89. The first-order chi connectivity index (χ1) is 7.22. The smallest absolute Gasteiger partial charge is 0.0321 e. The average molecular weight is 211 g/mol. The largest absolute Gasteiger partial charge is 0.317 e. The lowest BCUT2D eigenvalue weighted by molar-refractivity contribution is 0.0957. The van der Waals surface area contributed by atoms with Crippen LogP contribution in [0, 0.1) is 0 Å². The van der Waals surface area contributed by atoms with Crippen LogP contribution < -0.4 is 10.6 Å². The van der Waals surface area contributed by atoms with E-state index in [1.54, 1.807) is 0 Å². The second-order valence-electron chi connectivity index (χ2n) is 5.37. The standard InChI is InChI=1S/C12H25N3/c1-11(2)15-9-8-14-12(10-15)4-3-6-13-7-5-12/h11,13-14H,3-10H2,1-2H3. The van der Waals surface area contributed by atoms with Gasteiger partial charge < -0.3 is 10.6 Å². The molecule has 0 bridgehead atoms. The average Bonchev–Trinajstić information content (AvgIpc) is 2.44. The van der Waals surface area contributed by atoms with E-state index in [4.69, 9.17) is 0 Å². The van der Waals surface area contributed by atoms with Crippen LogP contribution >= 0.6 is 0 Å². The molecular weight excluding hydrogens is 186 g/mol. The van der Waals surface area contributed by atoms with Gasteiger partial charge in [-0.3, -0.25) is 4.90 Å². The van der Waals surface area contributed by atoms with E-state index in [1.807, 2.05) is 0 Å². The summed E-state index contributed by atoms with van der Waals surface area (Å²) in [6, 6.07) is 0.695. The van der Waals surface area contributed by atoms with Crippen LogP contribution in [0.5, 0.6) is 0 Å². The molecule has 2 heterocycles. The summed E-state index contributed by atoms with van der Waals surface area (Å²) in [6.45, 7) is 10.6. The fraction of sp³-hybridized carbons (Fsp3) is 1.00. The Hall–Kier alpha value is -0.120. The molecule has 2 aliphatic heterocycles. The molecule has 0 aliphatic carbocycles. The molecule has 1 unspecified atom stereocenters. The first-order valence-electron chi connectivity index (χ1n) is 6.42. The molecule has 0 amide bonds. The summed E-state index contributed by atoms with van der Waals surface area (Å²) in [6.07, 6.45) is 3.94. The van der Waals surface area contributed by atoms with E-state index in [1.165, 1.54) is 45.4 Å². The normalized spacial score (nSPS) is 34.6. The molecule has 88 valence electrons. The van der Waals surface area contributed by atoms with Crippen molar-refractivity contribution in [3.63, 3.8) is 0 Å². The van der Waals surface area contributed by atoms with Crippen molar-refractivity contribution in [1.82, 2.24) is 15.5 Å². The van der Waals surface area contributed by atoms with E-state index in [9.17, 15) is 0 Å². The Balaban J connectivity index is 1.99. The van der Waals surface area contributed by atoms with Crippen LogP contribution in [0.1, 0.15) is 33.1 Å². The van der Waals surface area contributed by atoms with E-state index < -0.39 is 0 Å².